The summed E-state index contributed by atoms with van der Waals surface area (Å²) in [6.45, 7) is 1.87. The van der Waals surface area contributed by atoms with Gasteiger partial charge in [-0.3, -0.25) is 4.98 Å². The van der Waals surface area contributed by atoms with Crippen molar-refractivity contribution in [1.82, 2.24) is 9.97 Å². The highest BCUT2D eigenvalue weighted by Gasteiger charge is 1.85. The second-order valence-corrected chi connectivity index (χ2v) is 1.69. The van der Waals surface area contributed by atoms with E-state index in [1.54, 1.807) is 12.4 Å². The molecule has 44 valence electrons. The fraction of sp³-hybridized carbons (Fsp3) is 0.143. The molecule has 0 atom stereocenters. The van der Waals surface area contributed by atoms with E-state index in [4.69, 9.17) is 6.42 Å². The summed E-state index contributed by atoms with van der Waals surface area (Å²) in [5.74, 6) is 2.38. The Morgan fingerprint density at radius 1 is 1.44 bits per heavy atom. The maximum atomic E-state index is 5.05. The Hall–Kier alpha value is -1.36. The molecule has 1 heterocycles. The smallest absolute Gasteiger partial charge is 0.131 e. The summed E-state index contributed by atoms with van der Waals surface area (Å²) in [6.07, 6.45) is 8.27. The summed E-state index contributed by atoms with van der Waals surface area (Å²) in [4.78, 5) is 7.84. The number of hydrogen-bond acceptors (Lipinski definition) is 2. The highest BCUT2D eigenvalue weighted by molar-refractivity contribution is 5.20. The summed E-state index contributed by atoms with van der Waals surface area (Å²) < 4.78 is 0. The van der Waals surface area contributed by atoms with Crippen LogP contribution in [0.15, 0.2) is 12.4 Å². The lowest BCUT2D eigenvalue weighted by atomic mass is 10.4. The second kappa shape index (κ2) is 2.27. The first-order valence-corrected chi connectivity index (χ1v) is 2.58. The summed E-state index contributed by atoms with van der Waals surface area (Å²) in [6, 6.07) is 0. The normalized spacial score (nSPS) is 8.44. The van der Waals surface area contributed by atoms with E-state index in [9.17, 15) is 0 Å². The molecule has 1 aromatic rings. The molecule has 0 bridgehead atoms. The van der Waals surface area contributed by atoms with Gasteiger partial charge in [0.15, 0.2) is 0 Å². The molecule has 0 N–H and O–H groups in total. The maximum absolute atomic E-state index is 5.05. The van der Waals surface area contributed by atoms with Crippen LogP contribution in [0.1, 0.15) is 11.4 Å². The van der Waals surface area contributed by atoms with Crippen LogP contribution in [0.5, 0.6) is 0 Å². The van der Waals surface area contributed by atoms with Gasteiger partial charge in [-0.15, -0.1) is 6.42 Å². The Balaban J connectivity index is 3.06. The third-order valence-electron chi connectivity index (χ3n) is 0.929. The second-order valence-electron chi connectivity index (χ2n) is 1.69. The lowest BCUT2D eigenvalue weighted by Crippen LogP contribution is -1.85. The molecule has 0 spiro atoms. The zero-order chi connectivity index (χ0) is 6.69. The molecule has 0 aromatic carbocycles. The molecule has 0 aliphatic rings. The molecule has 0 fully saturated rings. The largest absolute Gasteiger partial charge is 0.257 e. The molecule has 0 amide bonds. The molecule has 0 radical (unpaired) electrons. The quantitative estimate of drug-likeness (QED) is 0.470. The summed E-state index contributed by atoms with van der Waals surface area (Å²) >= 11 is 0. The van der Waals surface area contributed by atoms with Crippen LogP contribution >= 0.6 is 0 Å². The molecule has 2 heteroatoms. The van der Waals surface area contributed by atoms with E-state index in [0.717, 1.165) is 5.69 Å². The number of rotatable bonds is 0. The van der Waals surface area contributed by atoms with Gasteiger partial charge >= 0.3 is 0 Å². The third-order valence-corrected chi connectivity index (χ3v) is 0.929. The zero-order valence-electron chi connectivity index (χ0n) is 5.13. The minimum absolute atomic E-state index is 0.584. The molecule has 1 rings (SSSR count). The molecule has 0 aliphatic carbocycles. The van der Waals surface area contributed by atoms with Gasteiger partial charge in [-0.1, -0.05) is 0 Å². The summed E-state index contributed by atoms with van der Waals surface area (Å²) in [5.41, 5.74) is 1.47. The van der Waals surface area contributed by atoms with Crippen molar-refractivity contribution in [3.8, 4) is 12.3 Å². The van der Waals surface area contributed by atoms with Crippen LogP contribution < -0.4 is 0 Å². The molecular formula is C7H6N2. The Bertz CT molecular complexity index is 230. The predicted octanol–water partition coefficient (Wildman–Crippen LogP) is 0.766. The van der Waals surface area contributed by atoms with Gasteiger partial charge < -0.3 is 0 Å². The topological polar surface area (TPSA) is 25.8 Å². The van der Waals surface area contributed by atoms with Gasteiger partial charge in [0.1, 0.15) is 5.69 Å². The van der Waals surface area contributed by atoms with Crippen molar-refractivity contribution in [2.75, 3.05) is 0 Å². The monoisotopic (exact) mass is 118 g/mol. The Kier molecular flexibility index (Phi) is 1.46. The van der Waals surface area contributed by atoms with E-state index in [1.165, 1.54) is 0 Å². The van der Waals surface area contributed by atoms with Gasteiger partial charge in [-0.25, -0.2) is 4.98 Å². The summed E-state index contributed by atoms with van der Waals surface area (Å²) in [7, 11) is 0. The molecule has 2 nitrogen and oxygen atoms in total. The van der Waals surface area contributed by atoms with Crippen LogP contribution in [0.2, 0.25) is 0 Å². The van der Waals surface area contributed by atoms with Crippen molar-refractivity contribution in [1.29, 1.82) is 0 Å². The van der Waals surface area contributed by atoms with Crippen molar-refractivity contribution in [2.45, 2.75) is 6.92 Å². The fourth-order valence-corrected chi connectivity index (χ4v) is 0.467. The van der Waals surface area contributed by atoms with Crippen LogP contribution in [0.3, 0.4) is 0 Å². The van der Waals surface area contributed by atoms with Crippen molar-refractivity contribution in [2.24, 2.45) is 0 Å². The van der Waals surface area contributed by atoms with Crippen LogP contribution in [-0.2, 0) is 0 Å². The minimum atomic E-state index is 0.584. The number of nitrogens with zero attached hydrogens (tertiary/aromatic N) is 2. The van der Waals surface area contributed by atoms with E-state index in [0.29, 0.717) is 5.69 Å². The van der Waals surface area contributed by atoms with E-state index in [-0.39, 0.29) is 0 Å². The molecule has 9 heavy (non-hydrogen) atoms. The first-order chi connectivity index (χ1) is 4.33. The third kappa shape index (κ3) is 1.26. The van der Waals surface area contributed by atoms with Crippen molar-refractivity contribution in [3.63, 3.8) is 0 Å². The highest BCUT2D eigenvalue weighted by Crippen LogP contribution is 1.89. The standard InChI is InChI=1S/C7H6N2/c1-3-7-5-8-6(2)4-9-7/h1,4-5H,2H3. The van der Waals surface area contributed by atoms with E-state index < -0.39 is 0 Å². The van der Waals surface area contributed by atoms with Crippen molar-refractivity contribution < 1.29 is 0 Å². The van der Waals surface area contributed by atoms with Crippen LogP contribution in [0.4, 0.5) is 0 Å². The molecule has 1 aromatic heterocycles. The fourth-order valence-electron chi connectivity index (χ4n) is 0.467. The number of terminal acetylenes is 1. The van der Waals surface area contributed by atoms with Gasteiger partial charge in [-0.05, 0) is 12.8 Å². The number of aromatic nitrogens is 2. The van der Waals surface area contributed by atoms with E-state index in [1.807, 2.05) is 6.92 Å². The lowest BCUT2D eigenvalue weighted by Gasteiger charge is -1.88. The van der Waals surface area contributed by atoms with Gasteiger partial charge in [-0.2, -0.15) is 0 Å². The number of hydrogen-bond donors (Lipinski definition) is 0. The number of aryl methyl sites for hydroxylation is 1. The molecule has 0 aliphatic heterocycles. The predicted molar refractivity (Wildman–Crippen MR) is 34.7 cm³/mol. The van der Waals surface area contributed by atoms with Crippen LogP contribution in [0.25, 0.3) is 0 Å². The maximum Gasteiger partial charge on any atom is 0.131 e. The molecule has 0 unspecified atom stereocenters. The van der Waals surface area contributed by atoms with E-state index in [2.05, 4.69) is 15.9 Å². The highest BCUT2D eigenvalue weighted by atomic mass is 14.8. The average Bonchev–Trinajstić information content (AvgIpc) is 1.90. The lowest BCUT2D eigenvalue weighted by molar-refractivity contribution is 1.10. The van der Waals surface area contributed by atoms with E-state index >= 15 is 0 Å². The first-order valence-electron chi connectivity index (χ1n) is 2.58. The SMILES string of the molecule is C#Cc1cnc(C)cn1. The van der Waals surface area contributed by atoms with Gasteiger partial charge in [0.25, 0.3) is 0 Å². The minimum Gasteiger partial charge on any atom is -0.257 e. The Morgan fingerprint density at radius 3 is 2.67 bits per heavy atom. The average molecular weight is 118 g/mol. The van der Waals surface area contributed by atoms with Gasteiger partial charge in [0, 0.05) is 6.20 Å². The van der Waals surface area contributed by atoms with Gasteiger partial charge in [0.2, 0.25) is 0 Å². The van der Waals surface area contributed by atoms with Crippen molar-refractivity contribution in [3.05, 3.63) is 23.8 Å². The van der Waals surface area contributed by atoms with Crippen LogP contribution in [0, 0.1) is 19.3 Å². The zero-order valence-corrected chi connectivity index (χ0v) is 5.13. The summed E-state index contributed by atoms with van der Waals surface area (Å²) in [5, 5.41) is 0. The molecular weight excluding hydrogens is 112 g/mol. The molecule has 0 saturated heterocycles. The molecule has 0 saturated carbocycles. The van der Waals surface area contributed by atoms with Gasteiger partial charge in [0.05, 0.1) is 11.9 Å². The first kappa shape index (κ1) is 5.77. The van der Waals surface area contributed by atoms with Crippen molar-refractivity contribution >= 4 is 0 Å². The Labute approximate surface area is 54.0 Å². The van der Waals surface area contributed by atoms with Crippen LogP contribution in [-0.4, -0.2) is 9.97 Å². The Morgan fingerprint density at radius 2 is 2.22 bits per heavy atom.